The molecule has 1 unspecified atom stereocenters. The highest BCUT2D eigenvalue weighted by molar-refractivity contribution is 5.53. The minimum absolute atomic E-state index is 0.305. The summed E-state index contributed by atoms with van der Waals surface area (Å²) >= 11 is 0. The van der Waals surface area contributed by atoms with Gasteiger partial charge in [-0.2, -0.15) is 10.2 Å². The Bertz CT molecular complexity index is 506. The zero-order chi connectivity index (χ0) is 11.7. The maximum absolute atomic E-state index is 4.29. The van der Waals surface area contributed by atoms with Crippen LogP contribution in [0.3, 0.4) is 0 Å². The topological polar surface area (TPSA) is 68.5 Å². The molecule has 1 atom stereocenters. The molecule has 0 saturated carbocycles. The van der Waals surface area contributed by atoms with Crippen LogP contribution in [0.25, 0.3) is 11.4 Å². The minimum Gasteiger partial charge on any atom is -0.308 e. The van der Waals surface area contributed by atoms with Crippen molar-refractivity contribution < 1.29 is 0 Å². The predicted molar refractivity (Wildman–Crippen MR) is 62.1 cm³/mol. The van der Waals surface area contributed by atoms with E-state index >= 15 is 0 Å². The van der Waals surface area contributed by atoms with Gasteiger partial charge in [0.2, 0.25) is 0 Å². The zero-order valence-electron chi connectivity index (χ0n) is 9.67. The number of nitrogens with zero attached hydrogens (tertiary/aromatic N) is 5. The van der Waals surface area contributed by atoms with E-state index < -0.39 is 0 Å². The van der Waals surface area contributed by atoms with Crippen LogP contribution in [0.4, 0.5) is 0 Å². The van der Waals surface area contributed by atoms with Crippen LogP contribution in [-0.4, -0.2) is 31.5 Å². The minimum atomic E-state index is 0.305. The Labute approximate surface area is 99.1 Å². The lowest BCUT2D eigenvalue weighted by molar-refractivity contribution is 0.407. The third-order valence-corrected chi connectivity index (χ3v) is 3.07. The zero-order valence-corrected chi connectivity index (χ0v) is 9.67. The highest BCUT2D eigenvalue weighted by Gasteiger charge is 2.23. The normalized spacial score (nSPS) is 19.0. The average molecular weight is 230 g/mol. The van der Waals surface area contributed by atoms with Gasteiger partial charge in [-0.25, -0.2) is 0 Å². The second-order valence-electron chi connectivity index (χ2n) is 4.08. The second kappa shape index (κ2) is 4.21. The van der Waals surface area contributed by atoms with Crippen molar-refractivity contribution >= 4 is 0 Å². The average Bonchev–Trinajstić information content (AvgIpc) is 2.83. The molecule has 0 aromatic carbocycles. The lowest BCUT2D eigenvalue weighted by atomic mass is 10.1. The molecule has 1 N–H and O–H groups in total. The molecule has 0 radical (unpaired) electrons. The van der Waals surface area contributed by atoms with Crippen LogP contribution in [0.1, 0.15) is 25.2 Å². The van der Waals surface area contributed by atoms with Crippen molar-refractivity contribution in [1.82, 2.24) is 30.3 Å². The van der Waals surface area contributed by atoms with E-state index in [0.717, 1.165) is 36.7 Å². The number of aromatic nitrogens is 5. The fraction of sp³-hybridized carbons (Fsp3) is 0.455. The molecule has 3 rings (SSSR count). The van der Waals surface area contributed by atoms with Crippen molar-refractivity contribution in [2.24, 2.45) is 0 Å². The summed E-state index contributed by atoms with van der Waals surface area (Å²) in [6.07, 6.45) is 4.42. The molecule has 17 heavy (non-hydrogen) atoms. The van der Waals surface area contributed by atoms with Crippen molar-refractivity contribution in [2.75, 3.05) is 6.54 Å². The van der Waals surface area contributed by atoms with Gasteiger partial charge in [-0.05, 0) is 12.5 Å². The van der Waals surface area contributed by atoms with Gasteiger partial charge in [0.25, 0.3) is 0 Å². The smallest absolute Gasteiger partial charge is 0.165 e. The Hall–Kier alpha value is -1.82. The number of rotatable bonds is 2. The van der Waals surface area contributed by atoms with Crippen LogP contribution < -0.4 is 5.32 Å². The van der Waals surface area contributed by atoms with Gasteiger partial charge in [-0.15, -0.1) is 10.2 Å². The molecule has 0 amide bonds. The first-order chi connectivity index (χ1) is 8.40. The number of nitrogens with one attached hydrogen (secondary N) is 1. The van der Waals surface area contributed by atoms with Crippen LogP contribution >= 0.6 is 0 Å². The fourth-order valence-corrected chi connectivity index (χ4v) is 2.20. The van der Waals surface area contributed by atoms with E-state index in [4.69, 9.17) is 0 Å². The van der Waals surface area contributed by atoms with Gasteiger partial charge in [0.1, 0.15) is 0 Å². The van der Waals surface area contributed by atoms with Gasteiger partial charge < -0.3 is 9.88 Å². The van der Waals surface area contributed by atoms with E-state index in [1.807, 2.05) is 6.07 Å². The van der Waals surface area contributed by atoms with E-state index in [1.54, 1.807) is 12.4 Å². The van der Waals surface area contributed by atoms with Gasteiger partial charge in [-0.3, -0.25) is 0 Å². The molecule has 1 aliphatic rings. The summed E-state index contributed by atoms with van der Waals surface area (Å²) in [4.78, 5) is 0. The van der Waals surface area contributed by atoms with Gasteiger partial charge in [-0.1, -0.05) is 6.92 Å². The van der Waals surface area contributed by atoms with Crippen LogP contribution in [0.15, 0.2) is 18.5 Å². The lowest BCUT2D eigenvalue weighted by Gasteiger charge is -2.23. The summed E-state index contributed by atoms with van der Waals surface area (Å²) in [5.74, 6) is 1.90. The highest BCUT2D eigenvalue weighted by atomic mass is 15.3. The predicted octanol–water partition coefficient (Wildman–Crippen LogP) is 0.789. The Kier molecular flexibility index (Phi) is 2.56. The van der Waals surface area contributed by atoms with Gasteiger partial charge in [0, 0.05) is 18.7 Å². The van der Waals surface area contributed by atoms with Crippen molar-refractivity contribution in [3.05, 3.63) is 24.3 Å². The standard InChI is InChI=1S/C11H14N6/c1-2-9-11-16-15-10(17(11)6-5-12-9)8-3-4-13-14-7-8/h3-4,7,9,12H,2,5-6H2,1H3. The Morgan fingerprint density at radius 1 is 1.41 bits per heavy atom. The molecular weight excluding hydrogens is 216 g/mol. The van der Waals surface area contributed by atoms with Gasteiger partial charge in [0.05, 0.1) is 18.4 Å². The van der Waals surface area contributed by atoms with Crippen LogP contribution in [0, 0.1) is 0 Å². The molecule has 3 heterocycles. The first-order valence-corrected chi connectivity index (χ1v) is 5.83. The first kappa shape index (κ1) is 10.3. The molecule has 0 saturated heterocycles. The van der Waals surface area contributed by atoms with Gasteiger partial charge in [0.15, 0.2) is 11.6 Å². The van der Waals surface area contributed by atoms with E-state index in [9.17, 15) is 0 Å². The maximum Gasteiger partial charge on any atom is 0.165 e. The number of hydrogen-bond donors (Lipinski definition) is 1. The molecule has 0 aliphatic carbocycles. The summed E-state index contributed by atoms with van der Waals surface area (Å²) in [5.41, 5.74) is 0.968. The number of hydrogen-bond acceptors (Lipinski definition) is 5. The SMILES string of the molecule is CCC1NCCn2c(-c3ccnnc3)nnc21. The summed E-state index contributed by atoms with van der Waals surface area (Å²) in [6.45, 7) is 4.00. The van der Waals surface area contributed by atoms with E-state index in [1.165, 1.54) is 0 Å². The molecule has 1 aliphatic heterocycles. The molecule has 88 valence electrons. The Morgan fingerprint density at radius 2 is 2.35 bits per heavy atom. The van der Waals surface area contributed by atoms with Crippen molar-refractivity contribution in [2.45, 2.75) is 25.9 Å². The molecule has 2 aromatic heterocycles. The quantitative estimate of drug-likeness (QED) is 0.826. The molecule has 0 fully saturated rings. The van der Waals surface area contributed by atoms with Crippen molar-refractivity contribution in [1.29, 1.82) is 0 Å². The Balaban J connectivity index is 2.06. The number of fused-ring (bicyclic) bond motifs is 1. The van der Waals surface area contributed by atoms with Crippen LogP contribution in [-0.2, 0) is 6.54 Å². The Morgan fingerprint density at radius 3 is 3.12 bits per heavy atom. The summed E-state index contributed by atoms with van der Waals surface area (Å²) in [5, 5.41) is 19.7. The molecule has 0 bridgehead atoms. The van der Waals surface area contributed by atoms with Gasteiger partial charge >= 0.3 is 0 Å². The monoisotopic (exact) mass is 230 g/mol. The highest BCUT2D eigenvalue weighted by Crippen LogP contribution is 2.24. The van der Waals surface area contributed by atoms with Crippen LogP contribution in [0.2, 0.25) is 0 Å². The summed E-state index contributed by atoms with van der Waals surface area (Å²) in [7, 11) is 0. The second-order valence-corrected chi connectivity index (χ2v) is 4.08. The third kappa shape index (κ3) is 1.70. The first-order valence-electron chi connectivity index (χ1n) is 5.83. The van der Waals surface area contributed by atoms with Crippen molar-refractivity contribution in [3.63, 3.8) is 0 Å². The summed E-state index contributed by atoms with van der Waals surface area (Å²) < 4.78 is 2.17. The van der Waals surface area contributed by atoms with Crippen molar-refractivity contribution in [3.8, 4) is 11.4 Å². The van der Waals surface area contributed by atoms with Crippen LogP contribution in [0.5, 0.6) is 0 Å². The summed E-state index contributed by atoms with van der Waals surface area (Å²) in [6, 6.07) is 2.22. The lowest BCUT2D eigenvalue weighted by Crippen LogP contribution is -2.33. The van der Waals surface area contributed by atoms with E-state index in [2.05, 4.69) is 37.2 Å². The molecule has 6 nitrogen and oxygen atoms in total. The third-order valence-electron chi connectivity index (χ3n) is 3.07. The largest absolute Gasteiger partial charge is 0.308 e. The maximum atomic E-state index is 4.29. The van der Waals surface area contributed by atoms with E-state index in [-0.39, 0.29) is 0 Å². The fourth-order valence-electron chi connectivity index (χ4n) is 2.20. The molecular formula is C11H14N6. The molecule has 0 spiro atoms. The molecule has 6 heteroatoms. The van der Waals surface area contributed by atoms with E-state index in [0.29, 0.717) is 6.04 Å². The molecule has 2 aromatic rings.